The zero-order valence-electron chi connectivity index (χ0n) is 10.8. The summed E-state index contributed by atoms with van der Waals surface area (Å²) in [5, 5.41) is 0. The first-order valence-corrected chi connectivity index (χ1v) is 9.60. The van der Waals surface area contributed by atoms with E-state index in [9.17, 15) is 0 Å². The molecule has 1 nitrogen and oxygen atoms in total. The molecule has 16 heavy (non-hydrogen) atoms. The normalized spacial score (nSPS) is 25.2. The van der Waals surface area contributed by atoms with E-state index < -0.39 is 8.32 Å². The highest BCUT2D eigenvalue weighted by Gasteiger charge is 2.36. The first kappa shape index (κ1) is 11.9. The monoisotopic (exact) mass is 234 g/mol. The highest BCUT2D eigenvalue weighted by Crippen LogP contribution is 2.39. The molecule has 0 heterocycles. The lowest BCUT2D eigenvalue weighted by Crippen LogP contribution is -2.40. The molecule has 0 N–H and O–H groups in total. The Labute approximate surface area is 100.0 Å². The molecule has 0 bridgehead atoms. The smallest absolute Gasteiger partial charge is 0.184 e. The van der Waals surface area contributed by atoms with Crippen LogP contribution in [0.5, 0.6) is 0 Å². The van der Waals surface area contributed by atoms with Gasteiger partial charge in [0, 0.05) is 0 Å². The van der Waals surface area contributed by atoms with Gasteiger partial charge in [0.1, 0.15) is 0 Å². The second-order valence-electron chi connectivity index (χ2n) is 5.96. The van der Waals surface area contributed by atoms with Crippen molar-refractivity contribution < 1.29 is 4.43 Å². The van der Waals surface area contributed by atoms with Gasteiger partial charge in [-0.15, -0.1) is 0 Å². The maximum absolute atomic E-state index is 6.43. The summed E-state index contributed by atoms with van der Waals surface area (Å²) in [6.07, 6.45) is 3.62. The van der Waals surface area contributed by atoms with Crippen LogP contribution in [0.15, 0.2) is 24.3 Å². The van der Waals surface area contributed by atoms with Gasteiger partial charge in [-0.1, -0.05) is 24.3 Å². The molecule has 88 valence electrons. The Bertz CT molecular complexity index is 381. The van der Waals surface area contributed by atoms with Crippen LogP contribution >= 0.6 is 0 Å². The number of benzene rings is 1. The minimum atomic E-state index is -1.49. The minimum Gasteiger partial charge on any atom is -0.408 e. The van der Waals surface area contributed by atoms with Crippen LogP contribution in [0.25, 0.3) is 0 Å². The summed E-state index contributed by atoms with van der Waals surface area (Å²) in [4.78, 5) is 0. The van der Waals surface area contributed by atoms with Gasteiger partial charge >= 0.3 is 0 Å². The van der Waals surface area contributed by atoms with Crippen molar-refractivity contribution in [3.63, 3.8) is 0 Å². The van der Waals surface area contributed by atoms with Gasteiger partial charge in [-0.05, 0) is 57.0 Å². The number of rotatable bonds is 2. The third-order valence-electron chi connectivity index (χ3n) is 3.22. The fraction of sp³-hybridized carbons (Fsp3) is 0.571. The third kappa shape index (κ3) is 2.38. The zero-order valence-corrected chi connectivity index (χ0v) is 11.8. The summed E-state index contributed by atoms with van der Waals surface area (Å²) in [7, 11) is -1.49. The largest absolute Gasteiger partial charge is 0.408 e. The first-order valence-electron chi connectivity index (χ1n) is 6.19. The molecule has 0 amide bonds. The summed E-state index contributed by atoms with van der Waals surface area (Å²) in [6, 6.07) is 8.77. The number of fused-ring (bicyclic) bond motifs is 1. The fourth-order valence-corrected chi connectivity index (χ4v) is 4.35. The van der Waals surface area contributed by atoms with Crippen molar-refractivity contribution in [3.05, 3.63) is 35.4 Å². The minimum absolute atomic E-state index is 0.0423. The quantitative estimate of drug-likeness (QED) is 0.700. The molecule has 0 aromatic heterocycles. The molecule has 2 heteroatoms. The van der Waals surface area contributed by atoms with E-state index >= 15 is 0 Å². The molecule has 0 radical (unpaired) electrons. The Hall–Kier alpha value is -0.603. The Morgan fingerprint density at radius 3 is 2.56 bits per heavy atom. The summed E-state index contributed by atoms with van der Waals surface area (Å²) in [5.41, 5.74) is 2.86. The molecule has 1 aliphatic rings. The van der Waals surface area contributed by atoms with Crippen LogP contribution in [-0.4, -0.2) is 8.32 Å². The molecule has 1 aromatic carbocycles. The highest BCUT2D eigenvalue weighted by atomic mass is 28.4. The Morgan fingerprint density at radius 2 is 1.88 bits per heavy atom. The lowest BCUT2D eigenvalue weighted by molar-refractivity contribution is 0.0590. The molecular weight excluding hydrogens is 212 g/mol. The van der Waals surface area contributed by atoms with Crippen molar-refractivity contribution in [3.8, 4) is 0 Å². The van der Waals surface area contributed by atoms with Crippen molar-refractivity contribution in [2.24, 2.45) is 0 Å². The first-order chi connectivity index (χ1) is 7.41. The molecule has 0 unspecified atom stereocenters. The van der Waals surface area contributed by atoms with Gasteiger partial charge in [-0.3, -0.25) is 0 Å². The average molecular weight is 234 g/mol. The van der Waals surface area contributed by atoms with Crippen LogP contribution in [0.1, 0.15) is 30.9 Å². The van der Waals surface area contributed by atoms with Crippen LogP contribution in [-0.2, 0) is 16.4 Å². The molecule has 0 fully saturated rings. The van der Waals surface area contributed by atoms with Crippen molar-refractivity contribution in [2.45, 2.75) is 51.4 Å². The van der Waals surface area contributed by atoms with Crippen LogP contribution < -0.4 is 0 Å². The lowest BCUT2D eigenvalue weighted by Gasteiger charge is -2.40. The second kappa shape index (κ2) is 4.01. The van der Waals surface area contributed by atoms with Crippen molar-refractivity contribution in [2.75, 3.05) is 0 Å². The van der Waals surface area contributed by atoms with Crippen molar-refractivity contribution >= 4 is 8.32 Å². The van der Waals surface area contributed by atoms with Crippen molar-refractivity contribution in [1.29, 1.82) is 0 Å². The van der Waals surface area contributed by atoms with E-state index in [4.69, 9.17) is 4.43 Å². The van der Waals surface area contributed by atoms with Crippen LogP contribution in [0.3, 0.4) is 0 Å². The molecule has 0 saturated heterocycles. The predicted molar refractivity (Wildman–Crippen MR) is 71.2 cm³/mol. The summed E-state index contributed by atoms with van der Waals surface area (Å²) < 4.78 is 6.43. The maximum Gasteiger partial charge on any atom is 0.184 e. The van der Waals surface area contributed by atoms with Crippen LogP contribution in [0.2, 0.25) is 19.6 Å². The molecule has 0 saturated carbocycles. The SMILES string of the molecule is C[C@]1(O[Si](C)(C)C)CCCc2ccccc21. The molecule has 2 rings (SSSR count). The third-order valence-corrected chi connectivity index (χ3v) is 4.28. The zero-order chi connectivity index (χ0) is 11.8. The van der Waals surface area contributed by atoms with E-state index in [2.05, 4.69) is 50.8 Å². The van der Waals surface area contributed by atoms with Gasteiger partial charge in [0.15, 0.2) is 8.32 Å². The van der Waals surface area contributed by atoms with E-state index in [-0.39, 0.29) is 5.60 Å². The summed E-state index contributed by atoms with van der Waals surface area (Å²) >= 11 is 0. The van der Waals surface area contributed by atoms with Gasteiger partial charge in [0.25, 0.3) is 0 Å². The topological polar surface area (TPSA) is 9.23 Å². The van der Waals surface area contributed by atoms with Crippen LogP contribution in [0.4, 0.5) is 0 Å². The summed E-state index contributed by atoms with van der Waals surface area (Å²) in [5.74, 6) is 0. The van der Waals surface area contributed by atoms with Crippen molar-refractivity contribution in [1.82, 2.24) is 0 Å². The maximum atomic E-state index is 6.43. The number of hydrogen-bond acceptors (Lipinski definition) is 1. The van der Waals surface area contributed by atoms with E-state index in [1.165, 1.54) is 24.0 Å². The Balaban J connectivity index is 2.37. The standard InChI is InChI=1S/C14H22OSi/c1-14(15-16(2,3)4)11-7-9-12-8-5-6-10-13(12)14/h5-6,8,10H,7,9,11H2,1-4H3/t14-/m0/s1. The molecule has 1 aromatic rings. The Kier molecular flexibility index (Phi) is 2.97. The van der Waals surface area contributed by atoms with Gasteiger partial charge in [0.2, 0.25) is 0 Å². The van der Waals surface area contributed by atoms with Crippen LogP contribution in [0, 0.1) is 0 Å². The van der Waals surface area contributed by atoms with E-state index in [0.717, 1.165) is 6.42 Å². The van der Waals surface area contributed by atoms with Gasteiger partial charge in [-0.2, -0.15) is 0 Å². The number of aryl methyl sites for hydroxylation is 1. The van der Waals surface area contributed by atoms with E-state index in [1.54, 1.807) is 0 Å². The Morgan fingerprint density at radius 1 is 1.19 bits per heavy atom. The van der Waals surface area contributed by atoms with Gasteiger partial charge in [-0.25, -0.2) is 0 Å². The molecule has 0 aliphatic heterocycles. The molecular formula is C14H22OSi. The van der Waals surface area contributed by atoms with E-state index in [1.807, 2.05) is 0 Å². The van der Waals surface area contributed by atoms with Gasteiger partial charge in [0.05, 0.1) is 5.60 Å². The molecule has 0 spiro atoms. The second-order valence-corrected chi connectivity index (χ2v) is 10.4. The summed E-state index contributed by atoms with van der Waals surface area (Å²) in [6.45, 7) is 9.09. The predicted octanol–water partition coefficient (Wildman–Crippen LogP) is 4.09. The van der Waals surface area contributed by atoms with E-state index in [0.29, 0.717) is 0 Å². The molecule has 1 atom stereocenters. The highest BCUT2D eigenvalue weighted by molar-refractivity contribution is 6.69. The number of hydrogen-bond donors (Lipinski definition) is 0. The fourth-order valence-electron chi connectivity index (χ4n) is 2.79. The van der Waals surface area contributed by atoms with Gasteiger partial charge < -0.3 is 4.43 Å². The average Bonchev–Trinajstić information content (AvgIpc) is 2.15. The molecule has 1 aliphatic carbocycles. The lowest BCUT2D eigenvalue weighted by atomic mass is 9.80.